The molecule has 0 atom stereocenters. The number of benzene rings is 2. The molecular formula is C16H10F2O2. The maximum atomic E-state index is 13.1. The number of halogens is 2. The van der Waals surface area contributed by atoms with Crippen molar-refractivity contribution in [3.8, 4) is 0 Å². The normalized spacial score (nSPS) is 10.9. The summed E-state index contributed by atoms with van der Waals surface area (Å²) in [5.41, 5.74) is 1.43. The monoisotopic (exact) mass is 272 g/mol. The highest BCUT2D eigenvalue weighted by atomic mass is 19.1. The number of para-hydroxylation sites is 1. The lowest BCUT2D eigenvalue weighted by Crippen LogP contribution is -2.01. The van der Waals surface area contributed by atoms with Crippen LogP contribution < -0.4 is 0 Å². The second-order valence-electron chi connectivity index (χ2n) is 4.59. The van der Waals surface area contributed by atoms with E-state index < -0.39 is 17.4 Å². The van der Waals surface area contributed by atoms with Gasteiger partial charge in [0.05, 0.1) is 0 Å². The van der Waals surface area contributed by atoms with Crippen LogP contribution in [0, 0.1) is 18.6 Å². The molecule has 0 radical (unpaired) electrons. The van der Waals surface area contributed by atoms with Crippen LogP contribution in [0.3, 0.4) is 0 Å². The molecule has 3 rings (SSSR count). The maximum Gasteiger partial charge on any atom is 0.228 e. The van der Waals surface area contributed by atoms with Crippen LogP contribution in [0.5, 0.6) is 0 Å². The molecule has 2 aromatic carbocycles. The molecule has 0 fully saturated rings. The minimum Gasteiger partial charge on any atom is -0.452 e. The molecule has 2 nitrogen and oxygen atoms in total. The number of rotatable bonds is 2. The van der Waals surface area contributed by atoms with Gasteiger partial charge >= 0.3 is 0 Å². The van der Waals surface area contributed by atoms with Crippen LogP contribution in [0.4, 0.5) is 8.78 Å². The van der Waals surface area contributed by atoms with E-state index in [-0.39, 0.29) is 11.3 Å². The Labute approximate surface area is 113 Å². The molecule has 0 N–H and O–H groups in total. The van der Waals surface area contributed by atoms with Crippen LogP contribution in [0.2, 0.25) is 0 Å². The highest BCUT2D eigenvalue weighted by Crippen LogP contribution is 2.24. The van der Waals surface area contributed by atoms with Gasteiger partial charge in [-0.2, -0.15) is 0 Å². The number of hydrogen-bond donors (Lipinski definition) is 0. The van der Waals surface area contributed by atoms with Crippen molar-refractivity contribution in [2.24, 2.45) is 0 Å². The summed E-state index contributed by atoms with van der Waals surface area (Å²) in [5.74, 6) is -2.06. The summed E-state index contributed by atoms with van der Waals surface area (Å²) in [6, 6.07) is 9.81. The summed E-state index contributed by atoms with van der Waals surface area (Å²) < 4.78 is 31.8. The fourth-order valence-electron chi connectivity index (χ4n) is 2.15. The first kappa shape index (κ1) is 12.5. The van der Waals surface area contributed by atoms with E-state index in [1.807, 2.05) is 25.1 Å². The van der Waals surface area contributed by atoms with Crippen molar-refractivity contribution in [1.82, 2.24) is 0 Å². The van der Waals surface area contributed by atoms with Crippen LogP contribution in [0.1, 0.15) is 21.7 Å². The van der Waals surface area contributed by atoms with Gasteiger partial charge in [0.2, 0.25) is 5.78 Å². The molecule has 0 bridgehead atoms. The Balaban J connectivity index is 2.10. The lowest BCUT2D eigenvalue weighted by atomic mass is 10.1. The van der Waals surface area contributed by atoms with Gasteiger partial charge in [-0.1, -0.05) is 18.2 Å². The molecule has 0 aliphatic carbocycles. The molecule has 0 aliphatic rings. The Morgan fingerprint density at radius 1 is 1.05 bits per heavy atom. The zero-order valence-corrected chi connectivity index (χ0v) is 10.6. The molecule has 0 spiro atoms. The topological polar surface area (TPSA) is 30.2 Å². The van der Waals surface area contributed by atoms with Gasteiger partial charge in [0, 0.05) is 17.0 Å². The standard InChI is InChI=1S/C16H10F2O2/c1-9-3-2-4-10-7-14(20-16(9)10)15(19)11-5-12(17)8-13(18)6-11/h2-8H,1H3. The van der Waals surface area contributed by atoms with E-state index in [1.165, 1.54) is 0 Å². The molecule has 0 saturated heterocycles. The van der Waals surface area contributed by atoms with E-state index in [9.17, 15) is 13.6 Å². The summed E-state index contributed by atoms with van der Waals surface area (Å²) >= 11 is 0. The fraction of sp³-hybridized carbons (Fsp3) is 0.0625. The van der Waals surface area contributed by atoms with Crippen molar-refractivity contribution in [2.45, 2.75) is 6.92 Å². The van der Waals surface area contributed by atoms with E-state index >= 15 is 0 Å². The Morgan fingerprint density at radius 2 is 1.75 bits per heavy atom. The third-order valence-corrected chi connectivity index (χ3v) is 3.09. The Kier molecular flexibility index (Phi) is 2.86. The average Bonchev–Trinajstić information content (AvgIpc) is 2.82. The molecule has 0 unspecified atom stereocenters. The second kappa shape index (κ2) is 4.56. The molecule has 4 heteroatoms. The van der Waals surface area contributed by atoms with Crippen LogP contribution in [0.15, 0.2) is 46.9 Å². The van der Waals surface area contributed by atoms with Crippen molar-refractivity contribution in [1.29, 1.82) is 0 Å². The quantitative estimate of drug-likeness (QED) is 0.653. The van der Waals surface area contributed by atoms with Crippen molar-refractivity contribution in [3.63, 3.8) is 0 Å². The van der Waals surface area contributed by atoms with Crippen LogP contribution >= 0.6 is 0 Å². The van der Waals surface area contributed by atoms with Crippen molar-refractivity contribution >= 4 is 16.8 Å². The van der Waals surface area contributed by atoms with Gasteiger partial charge in [-0.25, -0.2) is 8.78 Å². The zero-order valence-electron chi connectivity index (χ0n) is 10.6. The predicted octanol–water partition coefficient (Wildman–Crippen LogP) is 4.25. The van der Waals surface area contributed by atoms with Gasteiger partial charge in [0.1, 0.15) is 17.2 Å². The Morgan fingerprint density at radius 3 is 2.40 bits per heavy atom. The fourth-order valence-corrected chi connectivity index (χ4v) is 2.15. The van der Waals surface area contributed by atoms with Crippen molar-refractivity contribution in [3.05, 3.63) is 71.0 Å². The first-order valence-electron chi connectivity index (χ1n) is 6.04. The second-order valence-corrected chi connectivity index (χ2v) is 4.59. The third-order valence-electron chi connectivity index (χ3n) is 3.09. The van der Waals surface area contributed by atoms with E-state index in [4.69, 9.17) is 4.42 Å². The molecule has 100 valence electrons. The number of carbonyl (C=O) groups excluding carboxylic acids is 1. The lowest BCUT2D eigenvalue weighted by molar-refractivity contribution is 0.101. The van der Waals surface area contributed by atoms with Crippen LogP contribution in [-0.4, -0.2) is 5.78 Å². The van der Waals surface area contributed by atoms with E-state index in [2.05, 4.69) is 0 Å². The van der Waals surface area contributed by atoms with Gasteiger partial charge in [-0.05, 0) is 30.7 Å². The van der Waals surface area contributed by atoms with Gasteiger partial charge in [-0.3, -0.25) is 4.79 Å². The summed E-state index contributed by atoms with van der Waals surface area (Å²) in [4.78, 5) is 12.2. The number of fused-ring (bicyclic) bond motifs is 1. The average molecular weight is 272 g/mol. The zero-order chi connectivity index (χ0) is 14.3. The number of carbonyl (C=O) groups is 1. The smallest absolute Gasteiger partial charge is 0.228 e. The molecule has 0 saturated carbocycles. The first-order chi connectivity index (χ1) is 9.54. The number of aryl methyl sites for hydroxylation is 1. The number of ketones is 1. The summed E-state index contributed by atoms with van der Waals surface area (Å²) in [7, 11) is 0. The summed E-state index contributed by atoms with van der Waals surface area (Å²) in [6.45, 7) is 1.86. The molecule has 1 heterocycles. The van der Waals surface area contributed by atoms with Gasteiger partial charge in [-0.15, -0.1) is 0 Å². The summed E-state index contributed by atoms with van der Waals surface area (Å²) in [5, 5.41) is 0.783. The highest BCUT2D eigenvalue weighted by molar-refractivity contribution is 6.09. The SMILES string of the molecule is Cc1cccc2cc(C(=O)c3cc(F)cc(F)c3)oc12. The minimum atomic E-state index is -0.791. The first-order valence-corrected chi connectivity index (χ1v) is 6.04. The van der Waals surface area contributed by atoms with E-state index in [0.717, 1.165) is 29.1 Å². The molecule has 0 aliphatic heterocycles. The van der Waals surface area contributed by atoms with Gasteiger partial charge < -0.3 is 4.42 Å². The third kappa shape index (κ3) is 2.09. The largest absolute Gasteiger partial charge is 0.452 e. The Bertz CT molecular complexity index is 798. The minimum absolute atomic E-state index is 0.0688. The lowest BCUT2D eigenvalue weighted by Gasteiger charge is -1.98. The molecule has 20 heavy (non-hydrogen) atoms. The predicted molar refractivity (Wildman–Crippen MR) is 70.7 cm³/mol. The van der Waals surface area contributed by atoms with Crippen LogP contribution in [0.25, 0.3) is 11.0 Å². The molecule has 3 aromatic rings. The van der Waals surface area contributed by atoms with Gasteiger partial charge in [0.15, 0.2) is 5.76 Å². The molecular weight excluding hydrogens is 262 g/mol. The molecule has 1 aromatic heterocycles. The molecule has 0 amide bonds. The maximum absolute atomic E-state index is 13.1. The van der Waals surface area contributed by atoms with E-state index in [1.54, 1.807) is 6.07 Å². The van der Waals surface area contributed by atoms with Crippen molar-refractivity contribution < 1.29 is 18.0 Å². The summed E-state index contributed by atoms with van der Waals surface area (Å²) in [6.07, 6.45) is 0. The van der Waals surface area contributed by atoms with Crippen LogP contribution in [-0.2, 0) is 0 Å². The highest BCUT2D eigenvalue weighted by Gasteiger charge is 2.17. The van der Waals surface area contributed by atoms with E-state index in [0.29, 0.717) is 5.58 Å². The van der Waals surface area contributed by atoms with Crippen molar-refractivity contribution in [2.75, 3.05) is 0 Å². The Hall–Kier alpha value is -2.49. The number of hydrogen-bond acceptors (Lipinski definition) is 2. The number of furan rings is 1. The van der Waals surface area contributed by atoms with Gasteiger partial charge in [0.25, 0.3) is 0 Å².